The number of ether oxygens (including phenoxy) is 1. The zero-order valence-corrected chi connectivity index (χ0v) is 22.1. The van der Waals surface area contributed by atoms with E-state index >= 15 is 0 Å². The number of carbonyl (C=O) groups excluding carboxylic acids is 2. The van der Waals surface area contributed by atoms with E-state index in [2.05, 4.69) is 21.2 Å². The summed E-state index contributed by atoms with van der Waals surface area (Å²) in [7, 11) is 0. The van der Waals surface area contributed by atoms with Gasteiger partial charge >= 0.3 is 0 Å². The number of fused-ring (bicyclic) bond motifs is 1. The summed E-state index contributed by atoms with van der Waals surface area (Å²) < 4.78 is 6.77. The molecule has 0 radical (unpaired) electrons. The average Bonchev–Trinajstić information content (AvgIpc) is 2.78. The van der Waals surface area contributed by atoms with Crippen molar-refractivity contribution < 1.29 is 14.3 Å². The van der Waals surface area contributed by atoms with Crippen LogP contribution in [-0.4, -0.2) is 34.9 Å². The van der Waals surface area contributed by atoms with Crippen molar-refractivity contribution in [3.8, 4) is 5.75 Å². The van der Waals surface area contributed by atoms with Crippen molar-refractivity contribution in [2.75, 3.05) is 6.61 Å². The van der Waals surface area contributed by atoms with E-state index in [0.717, 1.165) is 26.4 Å². The lowest BCUT2D eigenvalue weighted by molar-refractivity contribution is -0.143. The molecule has 5 nitrogen and oxygen atoms in total. The summed E-state index contributed by atoms with van der Waals surface area (Å²) >= 11 is 3.62. The minimum atomic E-state index is -0.602. The third-order valence-corrected chi connectivity index (χ3v) is 6.48. The van der Waals surface area contributed by atoms with Gasteiger partial charge in [-0.25, -0.2) is 0 Å². The van der Waals surface area contributed by atoms with Gasteiger partial charge in [-0.05, 0) is 78.0 Å². The van der Waals surface area contributed by atoms with E-state index in [4.69, 9.17) is 4.74 Å². The molecule has 3 rings (SSSR count). The Morgan fingerprint density at radius 1 is 1.03 bits per heavy atom. The number of nitrogens with zero attached hydrogens (tertiary/aromatic N) is 1. The van der Waals surface area contributed by atoms with E-state index in [0.29, 0.717) is 18.7 Å². The van der Waals surface area contributed by atoms with Gasteiger partial charge in [0.25, 0.3) is 5.91 Å². The highest BCUT2D eigenvalue weighted by atomic mass is 79.9. The Kier molecular flexibility index (Phi) is 8.37. The standard InChI is InChI=1S/C28H33BrN2O3/c1-6-23(27(33)30-28(3,4)5)31(17-21-13-8-7-11-19(21)2)25(32)18-34-24-16-15-20-12-9-10-14-22(20)26(24)29/h7-16,23H,6,17-18H2,1-5H3,(H,30,33). The SMILES string of the molecule is CCC(C(=O)NC(C)(C)C)N(Cc1ccccc1C)C(=O)COc1ccc2ccccc2c1Br. The molecular formula is C28H33BrN2O3. The molecule has 3 aromatic carbocycles. The predicted molar refractivity (Wildman–Crippen MR) is 141 cm³/mol. The lowest BCUT2D eigenvalue weighted by Crippen LogP contribution is -2.54. The van der Waals surface area contributed by atoms with Crippen LogP contribution in [0.15, 0.2) is 65.1 Å². The summed E-state index contributed by atoms with van der Waals surface area (Å²) in [5.41, 5.74) is 1.68. The van der Waals surface area contributed by atoms with Crippen LogP contribution in [0.3, 0.4) is 0 Å². The Bertz CT molecular complexity index is 1170. The molecule has 2 amide bonds. The highest BCUT2D eigenvalue weighted by Gasteiger charge is 2.31. The lowest BCUT2D eigenvalue weighted by atomic mass is 10.0. The van der Waals surface area contributed by atoms with Crippen molar-refractivity contribution in [1.29, 1.82) is 0 Å². The van der Waals surface area contributed by atoms with Gasteiger partial charge in [0.1, 0.15) is 11.8 Å². The van der Waals surface area contributed by atoms with Crippen LogP contribution in [0.5, 0.6) is 5.75 Å². The number of carbonyl (C=O) groups is 2. The van der Waals surface area contributed by atoms with Gasteiger partial charge in [-0.3, -0.25) is 9.59 Å². The fourth-order valence-corrected chi connectivity index (χ4v) is 4.50. The highest BCUT2D eigenvalue weighted by molar-refractivity contribution is 9.10. The molecule has 0 aliphatic rings. The molecule has 0 bridgehead atoms. The number of amides is 2. The first-order valence-corrected chi connectivity index (χ1v) is 12.4. The number of aryl methyl sites for hydroxylation is 1. The number of benzene rings is 3. The van der Waals surface area contributed by atoms with E-state index in [1.165, 1.54) is 0 Å². The minimum absolute atomic E-state index is 0.163. The molecule has 0 aromatic heterocycles. The number of nitrogens with one attached hydrogen (secondary N) is 1. The third-order valence-electron chi connectivity index (χ3n) is 5.67. The normalized spacial score (nSPS) is 12.3. The molecule has 6 heteroatoms. The molecule has 1 N–H and O–H groups in total. The number of hydrogen-bond acceptors (Lipinski definition) is 3. The van der Waals surface area contributed by atoms with E-state index in [1.54, 1.807) is 4.90 Å². The maximum Gasteiger partial charge on any atom is 0.261 e. The van der Waals surface area contributed by atoms with Gasteiger partial charge in [0.2, 0.25) is 5.91 Å². The van der Waals surface area contributed by atoms with Gasteiger partial charge in [0, 0.05) is 12.1 Å². The predicted octanol–water partition coefficient (Wildman–Crippen LogP) is 6.01. The fraction of sp³-hybridized carbons (Fsp3) is 0.357. The second kappa shape index (κ2) is 11.0. The van der Waals surface area contributed by atoms with E-state index in [1.807, 2.05) is 95.3 Å². The molecule has 0 saturated heterocycles. The molecule has 1 atom stereocenters. The first-order chi connectivity index (χ1) is 16.1. The molecule has 0 heterocycles. The van der Waals surface area contributed by atoms with Crippen molar-refractivity contribution >= 4 is 38.5 Å². The second-order valence-electron chi connectivity index (χ2n) is 9.50. The zero-order valence-electron chi connectivity index (χ0n) is 20.5. The van der Waals surface area contributed by atoms with Crippen molar-refractivity contribution in [3.63, 3.8) is 0 Å². The van der Waals surface area contributed by atoms with Gasteiger partial charge in [0.05, 0.1) is 4.47 Å². The number of hydrogen-bond donors (Lipinski definition) is 1. The topological polar surface area (TPSA) is 58.6 Å². The van der Waals surface area contributed by atoms with E-state index < -0.39 is 11.6 Å². The van der Waals surface area contributed by atoms with E-state index in [-0.39, 0.29) is 18.4 Å². The Balaban J connectivity index is 1.86. The Labute approximate surface area is 210 Å². The van der Waals surface area contributed by atoms with Crippen LogP contribution >= 0.6 is 15.9 Å². The van der Waals surface area contributed by atoms with Crippen molar-refractivity contribution in [1.82, 2.24) is 10.2 Å². The summed E-state index contributed by atoms with van der Waals surface area (Å²) in [4.78, 5) is 28.3. The highest BCUT2D eigenvalue weighted by Crippen LogP contribution is 2.33. The van der Waals surface area contributed by atoms with Crippen LogP contribution < -0.4 is 10.1 Å². The first-order valence-electron chi connectivity index (χ1n) is 11.6. The molecule has 0 spiro atoms. The molecule has 0 fully saturated rings. The van der Waals surface area contributed by atoms with Crippen molar-refractivity contribution in [2.45, 2.75) is 59.2 Å². The van der Waals surface area contributed by atoms with Crippen LogP contribution in [0, 0.1) is 6.92 Å². The average molecular weight is 525 g/mol. The third kappa shape index (κ3) is 6.38. The minimum Gasteiger partial charge on any atom is -0.483 e. The maximum atomic E-state index is 13.5. The van der Waals surface area contributed by atoms with Crippen LogP contribution in [0.25, 0.3) is 10.8 Å². The first kappa shape index (κ1) is 25.8. The molecule has 3 aromatic rings. The van der Waals surface area contributed by atoms with Gasteiger partial charge < -0.3 is 15.0 Å². The quantitative estimate of drug-likeness (QED) is 0.392. The van der Waals surface area contributed by atoms with Crippen molar-refractivity contribution in [2.24, 2.45) is 0 Å². The van der Waals surface area contributed by atoms with Crippen LogP contribution in [0.1, 0.15) is 45.2 Å². The molecular weight excluding hydrogens is 492 g/mol. The monoisotopic (exact) mass is 524 g/mol. The van der Waals surface area contributed by atoms with Crippen LogP contribution in [0.2, 0.25) is 0 Å². The van der Waals surface area contributed by atoms with Gasteiger partial charge in [-0.15, -0.1) is 0 Å². The molecule has 34 heavy (non-hydrogen) atoms. The molecule has 0 aliphatic carbocycles. The van der Waals surface area contributed by atoms with Crippen molar-refractivity contribution in [3.05, 3.63) is 76.3 Å². The van der Waals surface area contributed by atoms with Gasteiger partial charge in [0.15, 0.2) is 6.61 Å². The number of rotatable bonds is 8. The van der Waals surface area contributed by atoms with Gasteiger partial charge in [-0.1, -0.05) is 61.5 Å². The second-order valence-corrected chi connectivity index (χ2v) is 10.3. The Hall–Kier alpha value is -2.86. The summed E-state index contributed by atoms with van der Waals surface area (Å²) in [6.45, 7) is 9.91. The Morgan fingerprint density at radius 2 is 1.71 bits per heavy atom. The molecule has 0 aliphatic heterocycles. The summed E-state index contributed by atoms with van der Waals surface area (Å²) in [5, 5.41) is 5.12. The molecule has 180 valence electrons. The summed E-state index contributed by atoms with van der Waals surface area (Å²) in [6, 6.07) is 19.1. The van der Waals surface area contributed by atoms with Crippen LogP contribution in [0.4, 0.5) is 0 Å². The molecule has 1 unspecified atom stereocenters. The maximum absolute atomic E-state index is 13.5. The van der Waals surface area contributed by atoms with Crippen LogP contribution in [-0.2, 0) is 16.1 Å². The fourth-order valence-electron chi connectivity index (χ4n) is 3.89. The summed E-state index contributed by atoms with van der Waals surface area (Å²) in [5.74, 6) is 0.193. The summed E-state index contributed by atoms with van der Waals surface area (Å²) in [6.07, 6.45) is 0.499. The zero-order chi connectivity index (χ0) is 24.9. The largest absolute Gasteiger partial charge is 0.483 e. The molecule has 0 saturated carbocycles. The Morgan fingerprint density at radius 3 is 2.38 bits per heavy atom. The van der Waals surface area contributed by atoms with Gasteiger partial charge in [-0.2, -0.15) is 0 Å². The lowest BCUT2D eigenvalue weighted by Gasteiger charge is -2.33. The smallest absolute Gasteiger partial charge is 0.261 e. The van der Waals surface area contributed by atoms with E-state index in [9.17, 15) is 9.59 Å². The number of halogens is 1.